The van der Waals surface area contributed by atoms with E-state index < -0.39 is 32.3 Å². The molecule has 0 bridgehead atoms. The molecule has 138 valence electrons. The second-order valence-corrected chi connectivity index (χ2v) is 9.50. The van der Waals surface area contributed by atoms with Crippen LogP contribution in [0.1, 0.15) is 0 Å². The van der Waals surface area contributed by atoms with Gasteiger partial charge in [-0.25, -0.2) is 0 Å². The first kappa shape index (κ1) is 24.2. The first-order valence-electron chi connectivity index (χ1n) is 5.98. The Kier molecular flexibility index (Phi) is 10.2. The van der Waals surface area contributed by atoms with Crippen molar-refractivity contribution < 1.29 is 5.11 Å². The van der Waals surface area contributed by atoms with E-state index in [1.807, 2.05) is 0 Å². The molecule has 1 aromatic carbocycles. The highest BCUT2D eigenvalue weighted by Gasteiger charge is 2.46. The lowest BCUT2D eigenvalue weighted by Gasteiger charge is -2.37. The van der Waals surface area contributed by atoms with Crippen LogP contribution in [0.25, 0.3) is 0 Å². The summed E-state index contributed by atoms with van der Waals surface area (Å²) < 4.78 is 0. The van der Waals surface area contributed by atoms with E-state index in [1.165, 1.54) is 0 Å². The minimum absolute atomic E-state index is 0.00904. The summed E-state index contributed by atoms with van der Waals surface area (Å²) in [7, 11) is 0. The van der Waals surface area contributed by atoms with Gasteiger partial charge in [-0.3, -0.25) is 0 Å². The highest BCUT2D eigenvalue weighted by atomic mass is 35.5. The number of benzene rings is 1. The fourth-order valence-electron chi connectivity index (χ4n) is 1.65. The number of rotatable bonds is 0. The number of phenols is 1. The summed E-state index contributed by atoms with van der Waals surface area (Å²) in [5.74, 6) is -0.363. The van der Waals surface area contributed by atoms with Gasteiger partial charge in [0.2, 0.25) is 0 Å². The van der Waals surface area contributed by atoms with Gasteiger partial charge >= 0.3 is 0 Å². The zero-order chi connectivity index (χ0) is 18.9. The molecule has 12 heteroatoms. The van der Waals surface area contributed by atoms with Crippen LogP contribution >= 0.6 is 128 Å². The molecule has 0 atom stereocenters. The van der Waals surface area contributed by atoms with Gasteiger partial charge in [0.25, 0.3) is 0 Å². The van der Waals surface area contributed by atoms with Crippen molar-refractivity contribution in [3.8, 4) is 5.75 Å². The molecule has 1 aliphatic rings. The Bertz CT molecular complexity index is 431. The molecular formula is C12H7Cl11O. The maximum absolute atomic E-state index is 9.20. The maximum Gasteiger partial charge on any atom is 0.155 e. The van der Waals surface area contributed by atoms with Crippen molar-refractivity contribution in [2.75, 3.05) is 0 Å². The summed E-state index contributed by atoms with van der Waals surface area (Å²) >= 11 is 63.2. The molecule has 0 saturated heterocycles. The smallest absolute Gasteiger partial charge is 0.155 e. The lowest BCUT2D eigenvalue weighted by atomic mass is 9.97. The Labute approximate surface area is 194 Å². The standard InChI is InChI=1S/C6H6Cl6.C6HCl5O/c2*7-1-2(8)4(10)6(12)5(11)3(1)9/h1-6H;12H. The average Bonchev–Trinajstić information content (AvgIpc) is 2.58. The predicted molar refractivity (Wildman–Crippen MR) is 111 cm³/mol. The van der Waals surface area contributed by atoms with E-state index in [-0.39, 0.29) is 30.9 Å². The van der Waals surface area contributed by atoms with E-state index >= 15 is 0 Å². The van der Waals surface area contributed by atoms with Gasteiger partial charge in [0.1, 0.15) is 10.0 Å². The fraction of sp³-hybridized carbons (Fsp3) is 0.500. The van der Waals surface area contributed by atoms with Crippen molar-refractivity contribution in [1.29, 1.82) is 0 Å². The van der Waals surface area contributed by atoms with Crippen LogP contribution in [0.2, 0.25) is 25.1 Å². The summed E-state index contributed by atoms with van der Waals surface area (Å²) in [4.78, 5) is 0. The van der Waals surface area contributed by atoms with E-state index in [1.54, 1.807) is 0 Å². The molecule has 0 aliphatic heterocycles. The highest BCUT2D eigenvalue weighted by molar-refractivity contribution is 6.55. The summed E-state index contributed by atoms with van der Waals surface area (Å²) in [5, 5.41) is 6.39. The second-order valence-electron chi connectivity index (χ2n) is 4.59. The van der Waals surface area contributed by atoms with Gasteiger partial charge in [0.15, 0.2) is 5.75 Å². The minimum atomic E-state index is -0.437. The quantitative estimate of drug-likeness (QED) is 0.193. The van der Waals surface area contributed by atoms with E-state index in [4.69, 9.17) is 128 Å². The maximum atomic E-state index is 9.20. The number of alkyl halides is 6. The molecule has 1 aromatic rings. The number of phenolic OH excluding ortho intramolecular Hbond substituents is 1. The van der Waals surface area contributed by atoms with Gasteiger partial charge in [-0.05, 0) is 0 Å². The molecule has 2 rings (SSSR count). The third kappa shape index (κ3) is 5.17. The molecule has 0 unspecified atom stereocenters. The zero-order valence-electron chi connectivity index (χ0n) is 11.1. The minimum Gasteiger partial charge on any atom is -0.505 e. The number of halogens is 11. The van der Waals surface area contributed by atoms with E-state index in [2.05, 4.69) is 0 Å². The Morgan fingerprint density at radius 2 is 0.583 bits per heavy atom. The predicted octanol–water partition coefficient (Wildman–Crippen LogP) is 8.30. The van der Waals surface area contributed by atoms with Crippen molar-refractivity contribution in [3.05, 3.63) is 25.1 Å². The molecule has 1 aliphatic carbocycles. The van der Waals surface area contributed by atoms with Gasteiger partial charge < -0.3 is 5.11 Å². The summed E-state index contributed by atoms with van der Waals surface area (Å²) in [6.45, 7) is 0. The lowest BCUT2D eigenvalue weighted by Crippen LogP contribution is -2.52. The molecule has 0 aromatic heterocycles. The van der Waals surface area contributed by atoms with Crippen LogP contribution < -0.4 is 0 Å². The van der Waals surface area contributed by atoms with Gasteiger partial charge in [-0.2, -0.15) is 0 Å². The van der Waals surface area contributed by atoms with Gasteiger partial charge in [0, 0.05) is 0 Å². The molecule has 0 radical (unpaired) electrons. The Morgan fingerprint density at radius 1 is 0.417 bits per heavy atom. The van der Waals surface area contributed by atoms with Crippen LogP contribution in [0.15, 0.2) is 0 Å². The zero-order valence-corrected chi connectivity index (χ0v) is 19.4. The Hall–Kier alpha value is 2.21. The largest absolute Gasteiger partial charge is 0.505 e. The molecule has 24 heavy (non-hydrogen) atoms. The summed E-state index contributed by atoms with van der Waals surface area (Å²) in [6.07, 6.45) is 0. The van der Waals surface area contributed by atoms with Crippen molar-refractivity contribution in [2.24, 2.45) is 0 Å². The van der Waals surface area contributed by atoms with Crippen LogP contribution in [-0.4, -0.2) is 37.4 Å². The van der Waals surface area contributed by atoms with E-state index in [0.29, 0.717) is 0 Å². The third-order valence-electron chi connectivity index (χ3n) is 3.01. The Morgan fingerprint density at radius 3 is 0.792 bits per heavy atom. The van der Waals surface area contributed by atoms with Crippen molar-refractivity contribution in [3.63, 3.8) is 0 Å². The second kappa shape index (κ2) is 10.1. The normalized spacial score (nSPS) is 33.0. The lowest BCUT2D eigenvalue weighted by molar-refractivity contribution is 0.476. The number of hydrogen-bond acceptors (Lipinski definition) is 1. The number of aromatic hydroxyl groups is 1. The van der Waals surface area contributed by atoms with Crippen LogP contribution in [0.5, 0.6) is 5.75 Å². The van der Waals surface area contributed by atoms with Crippen LogP contribution in [0.3, 0.4) is 0 Å². The van der Waals surface area contributed by atoms with Crippen LogP contribution in [-0.2, 0) is 0 Å². The molecule has 1 nitrogen and oxygen atoms in total. The SMILES string of the molecule is ClC1C(Cl)C(Cl)C(Cl)C(Cl)C1Cl.Oc1c(Cl)c(Cl)c(Cl)c(Cl)c1Cl. The van der Waals surface area contributed by atoms with E-state index in [0.717, 1.165) is 0 Å². The highest BCUT2D eigenvalue weighted by Crippen LogP contribution is 2.47. The molecule has 0 spiro atoms. The first-order valence-corrected chi connectivity index (χ1v) is 10.5. The topological polar surface area (TPSA) is 20.2 Å². The third-order valence-corrected chi connectivity index (χ3v) is 9.30. The monoisotopic (exact) mass is 552 g/mol. The Balaban J connectivity index is 0.000000240. The molecule has 1 saturated carbocycles. The first-order chi connectivity index (χ1) is 10.9. The fourth-order valence-corrected chi connectivity index (χ4v) is 5.10. The van der Waals surface area contributed by atoms with Gasteiger partial charge in [-0.1, -0.05) is 58.0 Å². The van der Waals surface area contributed by atoms with Crippen LogP contribution in [0, 0.1) is 0 Å². The van der Waals surface area contributed by atoms with E-state index in [9.17, 15) is 5.11 Å². The van der Waals surface area contributed by atoms with Crippen molar-refractivity contribution >= 4 is 128 Å². The summed E-state index contributed by atoms with van der Waals surface area (Å²) in [5.41, 5.74) is 0. The molecule has 1 fully saturated rings. The molecule has 1 N–H and O–H groups in total. The number of hydrogen-bond donors (Lipinski definition) is 1. The van der Waals surface area contributed by atoms with Crippen LogP contribution in [0.4, 0.5) is 0 Å². The van der Waals surface area contributed by atoms with Crippen molar-refractivity contribution in [1.82, 2.24) is 0 Å². The molecule has 0 heterocycles. The molecular weight excluding hydrogens is 550 g/mol. The van der Waals surface area contributed by atoms with Crippen molar-refractivity contribution in [2.45, 2.75) is 32.3 Å². The van der Waals surface area contributed by atoms with Gasteiger partial charge in [0.05, 0.1) is 47.3 Å². The summed E-state index contributed by atoms with van der Waals surface area (Å²) in [6, 6.07) is 0. The average molecular weight is 557 g/mol. The van der Waals surface area contributed by atoms with Gasteiger partial charge in [-0.15, -0.1) is 69.6 Å². The molecule has 0 amide bonds.